The quantitative estimate of drug-likeness (QED) is 0.594. The highest BCUT2D eigenvalue weighted by molar-refractivity contribution is 7.80. The molecule has 0 aliphatic heterocycles. The van der Waals surface area contributed by atoms with Crippen LogP contribution in [0.15, 0.2) is 6.20 Å². The topological polar surface area (TPSA) is 51.1 Å². The zero-order valence-electron chi connectivity index (χ0n) is 9.91. The van der Waals surface area contributed by atoms with Gasteiger partial charge < -0.3 is 15.4 Å². The van der Waals surface area contributed by atoms with Crippen LogP contribution in [-0.4, -0.2) is 35.2 Å². The molecule has 0 radical (unpaired) electrons. The predicted molar refractivity (Wildman–Crippen MR) is 68.7 cm³/mol. The van der Waals surface area contributed by atoms with Crippen molar-refractivity contribution in [3.63, 3.8) is 0 Å². The van der Waals surface area contributed by atoms with Crippen molar-refractivity contribution in [1.29, 1.82) is 0 Å². The third kappa shape index (κ3) is 3.79. The highest BCUT2D eigenvalue weighted by Gasteiger charge is 2.06. The van der Waals surface area contributed by atoms with Crippen LogP contribution >= 0.6 is 12.2 Å². The molecule has 5 nitrogen and oxygen atoms in total. The van der Waals surface area contributed by atoms with Crippen molar-refractivity contribution in [3.05, 3.63) is 11.9 Å². The van der Waals surface area contributed by atoms with Crippen molar-refractivity contribution in [1.82, 2.24) is 15.1 Å². The van der Waals surface area contributed by atoms with E-state index in [0.717, 1.165) is 17.8 Å². The second-order valence-electron chi connectivity index (χ2n) is 3.39. The highest BCUT2D eigenvalue weighted by Crippen LogP contribution is 2.13. The van der Waals surface area contributed by atoms with Gasteiger partial charge in [-0.1, -0.05) is 6.92 Å². The normalized spacial score (nSPS) is 10.2. The van der Waals surface area contributed by atoms with E-state index in [1.807, 2.05) is 13.2 Å². The molecule has 0 atom stereocenters. The van der Waals surface area contributed by atoms with Gasteiger partial charge in [-0.25, -0.2) is 0 Å². The lowest BCUT2D eigenvalue weighted by Gasteiger charge is -2.09. The molecule has 1 heterocycles. The van der Waals surface area contributed by atoms with E-state index in [2.05, 4.69) is 22.7 Å². The molecule has 1 aromatic rings. The molecule has 0 unspecified atom stereocenters. The minimum Gasteiger partial charge on any atom is -0.383 e. The van der Waals surface area contributed by atoms with Crippen LogP contribution in [0.5, 0.6) is 0 Å². The molecule has 1 rings (SSSR count). The van der Waals surface area contributed by atoms with E-state index < -0.39 is 0 Å². The zero-order valence-corrected chi connectivity index (χ0v) is 10.7. The summed E-state index contributed by atoms with van der Waals surface area (Å²) in [5.41, 5.74) is 1.97. The number of hydrogen-bond acceptors (Lipinski definition) is 3. The van der Waals surface area contributed by atoms with E-state index in [1.54, 1.807) is 11.8 Å². The molecule has 0 aromatic carbocycles. The fourth-order valence-corrected chi connectivity index (χ4v) is 1.55. The van der Waals surface area contributed by atoms with Crippen LogP contribution in [-0.2, 0) is 18.2 Å². The van der Waals surface area contributed by atoms with Crippen LogP contribution in [0.3, 0.4) is 0 Å². The van der Waals surface area contributed by atoms with Crippen LogP contribution in [0.2, 0.25) is 0 Å². The summed E-state index contributed by atoms with van der Waals surface area (Å²) in [5, 5.41) is 11.1. The Bertz CT molecular complexity index is 351. The van der Waals surface area contributed by atoms with E-state index in [4.69, 9.17) is 17.0 Å². The first-order valence-corrected chi connectivity index (χ1v) is 5.64. The number of nitrogens with zero attached hydrogens (tertiary/aromatic N) is 2. The van der Waals surface area contributed by atoms with Crippen molar-refractivity contribution < 1.29 is 4.74 Å². The van der Waals surface area contributed by atoms with Crippen molar-refractivity contribution >= 4 is 23.0 Å². The fourth-order valence-electron chi connectivity index (χ4n) is 1.33. The van der Waals surface area contributed by atoms with E-state index in [-0.39, 0.29) is 0 Å². The minimum absolute atomic E-state index is 0.597. The molecule has 6 heteroatoms. The van der Waals surface area contributed by atoms with Crippen LogP contribution in [0.4, 0.5) is 5.69 Å². The summed E-state index contributed by atoms with van der Waals surface area (Å²) in [5.74, 6) is 0. The van der Waals surface area contributed by atoms with Gasteiger partial charge in [0.05, 0.1) is 18.0 Å². The minimum atomic E-state index is 0.597. The molecule has 2 N–H and O–H groups in total. The summed E-state index contributed by atoms with van der Waals surface area (Å²) in [6.07, 6.45) is 2.80. The molecule has 0 spiro atoms. The SMILES string of the molecule is CCc1nn(C)cc1NC(=S)NCCOC. The second kappa shape index (κ2) is 6.44. The Morgan fingerprint density at radius 3 is 3.00 bits per heavy atom. The maximum atomic E-state index is 5.15. The average Bonchev–Trinajstić information content (AvgIpc) is 2.59. The molecule has 0 aliphatic carbocycles. The number of aryl methyl sites for hydroxylation is 2. The number of ether oxygens (including phenoxy) is 1. The Balaban J connectivity index is 2.48. The van der Waals surface area contributed by atoms with Gasteiger partial charge in [-0.15, -0.1) is 0 Å². The molecule has 16 heavy (non-hydrogen) atoms. The lowest BCUT2D eigenvalue weighted by molar-refractivity contribution is 0.204. The van der Waals surface area contributed by atoms with Gasteiger partial charge in [-0.05, 0) is 18.6 Å². The maximum absolute atomic E-state index is 5.15. The molecule has 0 fully saturated rings. The maximum Gasteiger partial charge on any atom is 0.170 e. The summed E-state index contributed by atoms with van der Waals surface area (Å²) in [7, 11) is 3.56. The Morgan fingerprint density at radius 2 is 2.38 bits per heavy atom. The van der Waals surface area contributed by atoms with Crippen LogP contribution in [0.1, 0.15) is 12.6 Å². The van der Waals surface area contributed by atoms with Gasteiger partial charge in [-0.3, -0.25) is 4.68 Å². The van der Waals surface area contributed by atoms with E-state index in [9.17, 15) is 0 Å². The fraction of sp³-hybridized carbons (Fsp3) is 0.600. The number of nitrogens with one attached hydrogen (secondary N) is 2. The average molecular weight is 242 g/mol. The Morgan fingerprint density at radius 1 is 1.62 bits per heavy atom. The van der Waals surface area contributed by atoms with Crippen molar-refractivity contribution in [2.24, 2.45) is 7.05 Å². The molecule has 0 aliphatic rings. The highest BCUT2D eigenvalue weighted by atomic mass is 32.1. The number of hydrogen-bond donors (Lipinski definition) is 2. The van der Waals surface area contributed by atoms with Crippen molar-refractivity contribution in [2.45, 2.75) is 13.3 Å². The van der Waals surface area contributed by atoms with Crippen LogP contribution in [0, 0.1) is 0 Å². The molecular weight excluding hydrogens is 224 g/mol. The number of thiocarbonyl (C=S) groups is 1. The van der Waals surface area contributed by atoms with Gasteiger partial charge in [0.2, 0.25) is 0 Å². The Labute approximate surface area is 101 Å². The first kappa shape index (κ1) is 12.9. The van der Waals surface area contributed by atoms with Crippen LogP contribution in [0.25, 0.3) is 0 Å². The van der Waals surface area contributed by atoms with Crippen LogP contribution < -0.4 is 10.6 Å². The molecule has 0 saturated heterocycles. The summed E-state index contributed by atoms with van der Waals surface area (Å²) < 4.78 is 6.70. The number of methoxy groups -OCH3 is 1. The zero-order chi connectivity index (χ0) is 12.0. The van der Waals surface area contributed by atoms with Crippen molar-refractivity contribution in [3.8, 4) is 0 Å². The lowest BCUT2D eigenvalue weighted by atomic mass is 10.3. The lowest BCUT2D eigenvalue weighted by Crippen LogP contribution is -2.31. The first-order valence-electron chi connectivity index (χ1n) is 5.23. The summed E-state index contributed by atoms with van der Waals surface area (Å²) in [6.45, 7) is 3.40. The number of anilines is 1. The third-order valence-corrected chi connectivity index (χ3v) is 2.33. The van der Waals surface area contributed by atoms with Gasteiger partial charge in [0.15, 0.2) is 5.11 Å². The largest absolute Gasteiger partial charge is 0.383 e. The van der Waals surface area contributed by atoms with Crippen molar-refractivity contribution in [2.75, 3.05) is 25.6 Å². The third-order valence-electron chi connectivity index (χ3n) is 2.08. The van der Waals surface area contributed by atoms with Gasteiger partial charge in [-0.2, -0.15) is 5.10 Å². The van der Waals surface area contributed by atoms with E-state index in [1.165, 1.54) is 0 Å². The predicted octanol–water partition coefficient (Wildman–Crippen LogP) is 0.915. The molecule has 0 amide bonds. The molecular formula is C10H18N4OS. The van der Waals surface area contributed by atoms with E-state index >= 15 is 0 Å². The first-order chi connectivity index (χ1) is 7.67. The van der Waals surface area contributed by atoms with Gasteiger partial charge in [0, 0.05) is 26.9 Å². The summed E-state index contributed by atoms with van der Waals surface area (Å²) in [4.78, 5) is 0. The molecule has 0 saturated carbocycles. The van der Waals surface area contributed by atoms with Gasteiger partial charge >= 0.3 is 0 Å². The summed E-state index contributed by atoms with van der Waals surface area (Å²) in [6, 6.07) is 0. The standard InChI is InChI=1S/C10H18N4OS/c1-4-8-9(7-14(2)13-8)12-10(16)11-5-6-15-3/h7H,4-6H2,1-3H3,(H2,11,12,16). The van der Waals surface area contributed by atoms with Gasteiger partial charge in [0.25, 0.3) is 0 Å². The molecule has 1 aromatic heterocycles. The molecule has 90 valence electrons. The smallest absolute Gasteiger partial charge is 0.170 e. The number of rotatable bonds is 5. The summed E-state index contributed by atoms with van der Waals surface area (Å²) >= 11 is 5.15. The Kier molecular flexibility index (Phi) is 5.21. The second-order valence-corrected chi connectivity index (χ2v) is 3.80. The molecule has 0 bridgehead atoms. The number of aromatic nitrogens is 2. The van der Waals surface area contributed by atoms with Gasteiger partial charge in [0.1, 0.15) is 0 Å². The monoisotopic (exact) mass is 242 g/mol. The Hall–Kier alpha value is -1.14. The van der Waals surface area contributed by atoms with E-state index in [0.29, 0.717) is 18.3 Å².